The zero-order valence-corrected chi connectivity index (χ0v) is 12.8. The normalized spacial score (nSPS) is 12.5. The molecule has 0 saturated carbocycles. The molecule has 0 amide bonds. The first kappa shape index (κ1) is 14.3. The van der Waals surface area contributed by atoms with Crippen molar-refractivity contribution in [2.45, 2.75) is 26.3 Å². The van der Waals surface area contributed by atoms with Crippen LogP contribution in [0.1, 0.15) is 26.3 Å². The van der Waals surface area contributed by atoms with Crippen LogP contribution in [0.3, 0.4) is 0 Å². The van der Waals surface area contributed by atoms with Gasteiger partial charge in [0.2, 0.25) is 0 Å². The zero-order chi connectivity index (χ0) is 13.7. The lowest BCUT2D eigenvalue weighted by atomic mass is 10.2. The summed E-state index contributed by atoms with van der Waals surface area (Å²) >= 11 is 7.30. The number of nitrogens with one attached hydrogen (secondary N) is 1. The van der Waals surface area contributed by atoms with Gasteiger partial charge in [-0.2, -0.15) is 16.9 Å². The predicted molar refractivity (Wildman–Crippen MR) is 83.0 cm³/mol. The Hall–Kier alpha value is -1.14. The molecule has 2 heterocycles. The van der Waals surface area contributed by atoms with Crippen LogP contribution in [0, 0.1) is 4.77 Å². The molecule has 0 aromatic carbocycles. The van der Waals surface area contributed by atoms with E-state index in [1.807, 2.05) is 30.1 Å². The van der Waals surface area contributed by atoms with Gasteiger partial charge in [-0.25, -0.2) is 0 Å². The fourth-order valence-electron chi connectivity index (χ4n) is 1.94. The molecule has 0 fully saturated rings. The van der Waals surface area contributed by atoms with E-state index in [2.05, 4.69) is 33.6 Å². The van der Waals surface area contributed by atoms with Gasteiger partial charge in [0, 0.05) is 24.0 Å². The molecule has 0 spiro atoms. The van der Waals surface area contributed by atoms with Gasteiger partial charge in [0.15, 0.2) is 10.6 Å². The summed E-state index contributed by atoms with van der Waals surface area (Å²) in [6.45, 7) is 4.36. The van der Waals surface area contributed by atoms with Gasteiger partial charge in [0.25, 0.3) is 0 Å². The third-order valence-electron chi connectivity index (χ3n) is 2.95. The highest BCUT2D eigenvalue weighted by Gasteiger charge is 2.14. The summed E-state index contributed by atoms with van der Waals surface area (Å²) < 4.78 is 2.76. The lowest BCUT2D eigenvalue weighted by Gasteiger charge is -2.15. The molecule has 19 heavy (non-hydrogen) atoms. The van der Waals surface area contributed by atoms with E-state index in [0.717, 1.165) is 29.3 Å². The van der Waals surface area contributed by atoms with Gasteiger partial charge in [-0.05, 0) is 49.2 Å². The van der Waals surface area contributed by atoms with E-state index < -0.39 is 0 Å². The third-order valence-corrected chi connectivity index (χ3v) is 4.17. The number of aromatic amines is 1. The van der Waals surface area contributed by atoms with Gasteiger partial charge in [0.1, 0.15) is 0 Å². The van der Waals surface area contributed by atoms with Crippen molar-refractivity contribution in [3.8, 4) is 11.4 Å². The minimum absolute atomic E-state index is 0.334. The largest absolute Gasteiger partial charge is 0.297 e. The monoisotopic (exact) mass is 294 g/mol. The van der Waals surface area contributed by atoms with E-state index in [1.165, 1.54) is 0 Å². The van der Waals surface area contributed by atoms with Crippen molar-refractivity contribution in [2.75, 3.05) is 11.5 Å². The summed E-state index contributed by atoms with van der Waals surface area (Å²) in [4.78, 5) is 4.14. The van der Waals surface area contributed by atoms with Crippen LogP contribution in [0.15, 0.2) is 24.5 Å². The van der Waals surface area contributed by atoms with E-state index in [1.54, 1.807) is 6.20 Å². The fourth-order valence-corrected chi connectivity index (χ4v) is 3.05. The molecule has 2 rings (SSSR count). The van der Waals surface area contributed by atoms with E-state index in [4.69, 9.17) is 12.2 Å². The molecular weight excluding hydrogens is 276 g/mol. The van der Waals surface area contributed by atoms with Crippen LogP contribution in [-0.4, -0.2) is 31.3 Å². The van der Waals surface area contributed by atoms with Crippen molar-refractivity contribution >= 4 is 24.0 Å². The fraction of sp³-hybridized carbons (Fsp3) is 0.462. The highest BCUT2D eigenvalue weighted by atomic mass is 32.2. The standard InChI is InChI=1S/C13H18N4S2/c1-3-19-8-6-10(2)17-12(15-16-13(17)18)11-5-4-7-14-9-11/h4-5,7,9-10H,3,6,8H2,1-2H3,(H,16,18). The van der Waals surface area contributed by atoms with E-state index in [-0.39, 0.29) is 0 Å². The maximum absolute atomic E-state index is 5.35. The lowest BCUT2D eigenvalue weighted by Crippen LogP contribution is -2.08. The molecule has 0 bridgehead atoms. The average Bonchev–Trinajstić information content (AvgIpc) is 2.82. The quantitative estimate of drug-likeness (QED) is 0.652. The molecule has 6 heteroatoms. The Morgan fingerprint density at radius 2 is 2.37 bits per heavy atom. The highest BCUT2D eigenvalue weighted by molar-refractivity contribution is 7.99. The smallest absolute Gasteiger partial charge is 0.195 e. The summed E-state index contributed by atoms with van der Waals surface area (Å²) in [7, 11) is 0. The summed E-state index contributed by atoms with van der Waals surface area (Å²) in [6, 6.07) is 4.25. The number of pyridine rings is 1. The van der Waals surface area contributed by atoms with Crippen molar-refractivity contribution in [3.05, 3.63) is 29.3 Å². The van der Waals surface area contributed by atoms with E-state index in [0.29, 0.717) is 10.8 Å². The van der Waals surface area contributed by atoms with Crippen LogP contribution in [0.4, 0.5) is 0 Å². The Bertz CT molecular complexity index is 562. The average molecular weight is 294 g/mol. The summed E-state index contributed by atoms with van der Waals surface area (Å²) in [6.07, 6.45) is 4.66. The van der Waals surface area contributed by atoms with Crippen LogP contribution >= 0.6 is 24.0 Å². The van der Waals surface area contributed by atoms with E-state index in [9.17, 15) is 0 Å². The first-order valence-electron chi connectivity index (χ1n) is 6.39. The first-order chi connectivity index (χ1) is 9.24. The second-order valence-electron chi connectivity index (χ2n) is 4.30. The van der Waals surface area contributed by atoms with Gasteiger partial charge >= 0.3 is 0 Å². The summed E-state index contributed by atoms with van der Waals surface area (Å²) in [5.41, 5.74) is 0.991. The topological polar surface area (TPSA) is 46.5 Å². The first-order valence-corrected chi connectivity index (χ1v) is 7.95. The molecule has 0 aliphatic carbocycles. The van der Waals surface area contributed by atoms with Crippen molar-refractivity contribution in [1.29, 1.82) is 0 Å². The van der Waals surface area contributed by atoms with Gasteiger partial charge in [-0.1, -0.05) is 6.92 Å². The number of nitrogens with zero attached hydrogens (tertiary/aromatic N) is 3. The van der Waals surface area contributed by atoms with Gasteiger partial charge < -0.3 is 0 Å². The number of hydrogen-bond acceptors (Lipinski definition) is 4. The third kappa shape index (κ3) is 3.45. The Labute approximate surface area is 122 Å². The Kier molecular flexibility index (Phi) is 5.15. The van der Waals surface area contributed by atoms with Crippen molar-refractivity contribution < 1.29 is 0 Å². The number of H-pyrrole nitrogens is 1. The second kappa shape index (κ2) is 6.86. The molecule has 102 valence electrons. The molecule has 1 N–H and O–H groups in total. The molecule has 2 aromatic heterocycles. The lowest BCUT2D eigenvalue weighted by molar-refractivity contribution is 0.532. The van der Waals surface area contributed by atoms with Crippen LogP contribution in [0.2, 0.25) is 0 Å². The second-order valence-corrected chi connectivity index (χ2v) is 6.08. The molecule has 4 nitrogen and oxygen atoms in total. The maximum atomic E-state index is 5.35. The number of thioether (sulfide) groups is 1. The van der Waals surface area contributed by atoms with Crippen LogP contribution in [-0.2, 0) is 0 Å². The predicted octanol–water partition coefficient (Wildman–Crippen LogP) is 3.71. The summed E-state index contributed by atoms with van der Waals surface area (Å²) in [5.74, 6) is 3.16. The van der Waals surface area contributed by atoms with Crippen LogP contribution in [0.5, 0.6) is 0 Å². The van der Waals surface area contributed by atoms with Crippen molar-refractivity contribution in [1.82, 2.24) is 19.7 Å². The molecule has 1 atom stereocenters. The Morgan fingerprint density at radius 1 is 1.53 bits per heavy atom. The Morgan fingerprint density at radius 3 is 3.05 bits per heavy atom. The molecule has 0 aliphatic rings. The van der Waals surface area contributed by atoms with Crippen molar-refractivity contribution in [3.63, 3.8) is 0 Å². The minimum Gasteiger partial charge on any atom is -0.297 e. The molecule has 0 radical (unpaired) electrons. The Balaban J connectivity index is 2.25. The van der Waals surface area contributed by atoms with Gasteiger partial charge in [0.05, 0.1) is 0 Å². The van der Waals surface area contributed by atoms with E-state index >= 15 is 0 Å². The summed E-state index contributed by atoms with van der Waals surface area (Å²) in [5, 5.41) is 7.22. The molecule has 0 aliphatic heterocycles. The molecular formula is C13H18N4S2. The highest BCUT2D eigenvalue weighted by Crippen LogP contribution is 2.23. The molecule has 0 saturated heterocycles. The SMILES string of the molecule is CCSCCC(C)n1c(-c2cccnc2)n[nH]c1=S. The van der Waals surface area contributed by atoms with Crippen LogP contribution in [0.25, 0.3) is 11.4 Å². The number of hydrogen-bond donors (Lipinski definition) is 1. The van der Waals surface area contributed by atoms with Gasteiger partial charge in [-0.3, -0.25) is 14.6 Å². The number of rotatable bonds is 6. The van der Waals surface area contributed by atoms with Crippen molar-refractivity contribution in [2.24, 2.45) is 0 Å². The molecule has 1 unspecified atom stereocenters. The minimum atomic E-state index is 0.334. The molecule has 2 aromatic rings. The van der Waals surface area contributed by atoms with Gasteiger partial charge in [-0.15, -0.1) is 0 Å². The van der Waals surface area contributed by atoms with Crippen LogP contribution < -0.4 is 0 Å². The maximum Gasteiger partial charge on any atom is 0.195 e. The number of aromatic nitrogens is 4. The zero-order valence-electron chi connectivity index (χ0n) is 11.2.